The molecule has 2 heterocycles. The lowest BCUT2D eigenvalue weighted by molar-refractivity contribution is -0.115. The molecule has 0 bridgehead atoms. The zero-order valence-electron chi connectivity index (χ0n) is 12.6. The summed E-state index contributed by atoms with van der Waals surface area (Å²) < 4.78 is 5.29. The number of fused-ring (bicyclic) bond motifs is 1. The van der Waals surface area contributed by atoms with E-state index in [0.29, 0.717) is 18.9 Å². The van der Waals surface area contributed by atoms with Crippen LogP contribution in [-0.2, 0) is 16.0 Å². The van der Waals surface area contributed by atoms with E-state index in [9.17, 15) is 9.59 Å². The minimum absolute atomic E-state index is 0.0179. The van der Waals surface area contributed by atoms with E-state index in [1.54, 1.807) is 0 Å². The Labute approximate surface area is 129 Å². The monoisotopic (exact) mass is 303 g/mol. The van der Waals surface area contributed by atoms with E-state index in [-0.39, 0.29) is 18.0 Å². The van der Waals surface area contributed by atoms with Gasteiger partial charge in [0.15, 0.2) is 0 Å². The van der Waals surface area contributed by atoms with Crippen molar-refractivity contribution in [3.63, 3.8) is 0 Å². The van der Waals surface area contributed by atoms with Crippen molar-refractivity contribution in [3.8, 4) is 0 Å². The number of benzene rings is 1. The summed E-state index contributed by atoms with van der Waals surface area (Å²) in [5.41, 5.74) is 2.85. The highest BCUT2D eigenvalue weighted by molar-refractivity contribution is 5.99. The molecule has 3 rings (SSSR count). The van der Waals surface area contributed by atoms with E-state index >= 15 is 0 Å². The van der Waals surface area contributed by atoms with Crippen LogP contribution < -0.4 is 16.0 Å². The van der Waals surface area contributed by atoms with Gasteiger partial charge < -0.3 is 20.7 Å². The lowest BCUT2D eigenvalue weighted by atomic mass is 10.0. The predicted octanol–water partition coefficient (Wildman–Crippen LogP) is 1.58. The normalized spacial score (nSPS) is 21.1. The van der Waals surface area contributed by atoms with Crippen molar-refractivity contribution in [2.24, 2.45) is 5.92 Å². The Hall–Kier alpha value is -2.08. The smallest absolute Gasteiger partial charge is 0.315 e. The van der Waals surface area contributed by atoms with Gasteiger partial charge in [-0.3, -0.25) is 4.79 Å². The van der Waals surface area contributed by atoms with Gasteiger partial charge in [0.2, 0.25) is 5.91 Å². The van der Waals surface area contributed by atoms with Gasteiger partial charge in [0.05, 0.1) is 19.1 Å². The first kappa shape index (κ1) is 14.8. The second-order valence-corrected chi connectivity index (χ2v) is 5.95. The number of ether oxygens (including phenoxy) is 1. The molecule has 0 aliphatic carbocycles. The number of nitrogens with one attached hydrogen (secondary N) is 3. The molecule has 6 heteroatoms. The van der Waals surface area contributed by atoms with Gasteiger partial charge in [0.25, 0.3) is 0 Å². The molecule has 0 saturated carbocycles. The topological polar surface area (TPSA) is 79.5 Å². The summed E-state index contributed by atoms with van der Waals surface area (Å²) in [6.07, 6.45) is 1.41. The lowest BCUT2D eigenvalue weighted by Gasteiger charge is -2.17. The van der Waals surface area contributed by atoms with Gasteiger partial charge in [0, 0.05) is 24.8 Å². The second kappa shape index (κ2) is 6.36. The van der Waals surface area contributed by atoms with Crippen molar-refractivity contribution in [1.82, 2.24) is 10.6 Å². The number of rotatable bonds is 4. The molecule has 0 spiro atoms. The first-order valence-corrected chi connectivity index (χ1v) is 7.66. The second-order valence-electron chi connectivity index (χ2n) is 5.95. The Morgan fingerprint density at radius 1 is 1.50 bits per heavy atom. The average molecular weight is 303 g/mol. The molecule has 0 aromatic heterocycles. The van der Waals surface area contributed by atoms with Crippen LogP contribution in [0.5, 0.6) is 0 Å². The Balaban J connectivity index is 1.53. The summed E-state index contributed by atoms with van der Waals surface area (Å²) in [5, 5.41) is 8.62. The molecule has 22 heavy (non-hydrogen) atoms. The SMILES string of the molecule is C[C@@H](NC(=O)NC[C@@H]1CCOC1)c1ccc2c(c1)CC(=O)N2. The van der Waals surface area contributed by atoms with Crippen LogP contribution in [0.2, 0.25) is 0 Å². The van der Waals surface area contributed by atoms with Crippen molar-refractivity contribution in [2.75, 3.05) is 25.1 Å². The maximum atomic E-state index is 11.9. The molecule has 0 unspecified atom stereocenters. The van der Waals surface area contributed by atoms with Crippen LogP contribution in [0.4, 0.5) is 10.5 Å². The summed E-state index contributed by atoms with van der Waals surface area (Å²) in [5.74, 6) is 0.433. The van der Waals surface area contributed by atoms with Crippen LogP contribution in [0.15, 0.2) is 18.2 Å². The zero-order valence-corrected chi connectivity index (χ0v) is 12.6. The first-order chi connectivity index (χ1) is 10.6. The van der Waals surface area contributed by atoms with E-state index in [4.69, 9.17) is 4.74 Å². The standard InChI is InChI=1S/C16H21N3O3/c1-10(18-16(21)17-8-11-4-5-22-9-11)12-2-3-14-13(6-12)7-15(20)19-14/h2-3,6,10-11H,4-5,7-9H2,1H3,(H,19,20)(H2,17,18,21)/t10-,11+/m1/s1. The highest BCUT2D eigenvalue weighted by Crippen LogP contribution is 2.26. The third-order valence-corrected chi connectivity index (χ3v) is 4.18. The van der Waals surface area contributed by atoms with Crippen molar-refractivity contribution in [2.45, 2.75) is 25.8 Å². The Morgan fingerprint density at radius 2 is 2.36 bits per heavy atom. The van der Waals surface area contributed by atoms with E-state index in [1.807, 2.05) is 25.1 Å². The van der Waals surface area contributed by atoms with Crippen molar-refractivity contribution in [3.05, 3.63) is 29.3 Å². The van der Waals surface area contributed by atoms with Gasteiger partial charge in [-0.25, -0.2) is 4.79 Å². The van der Waals surface area contributed by atoms with Crippen molar-refractivity contribution in [1.29, 1.82) is 0 Å². The van der Waals surface area contributed by atoms with Gasteiger partial charge in [-0.15, -0.1) is 0 Å². The van der Waals surface area contributed by atoms with Crippen molar-refractivity contribution >= 4 is 17.6 Å². The number of amides is 3. The molecule has 3 amide bonds. The lowest BCUT2D eigenvalue weighted by Crippen LogP contribution is -2.39. The van der Waals surface area contributed by atoms with Gasteiger partial charge in [0.1, 0.15) is 0 Å². The summed E-state index contributed by atoms with van der Waals surface area (Å²) >= 11 is 0. The van der Waals surface area contributed by atoms with Crippen LogP contribution >= 0.6 is 0 Å². The highest BCUT2D eigenvalue weighted by Gasteiger charge is 2.20. The molecule has 3 N–H and O–H groups in total. The minimum Gasteiger partial charge on any atom is -0.381 e. The van der Waals surface area contributed by atoms with Gasteiger partial charge in [-0.1, -0.05) is 12.1 Å². The Bertz CT molecular complexity index is 582. The van der Waals surface area contributed by atoms with E-state index in [1.165, 1.54) is 0 Å². The van der Waals surface area contributed by atoms with Gasteiger partial charge >= 0.3 is 6.03 Å². The van der Waals surface area contributed by atoms with Crippen LogP contribution in [-0.4, -0.2) is 31.7 Å². The highest BCUT2D eigenvalue weighted by atomic mass is 16.5. The molecule has 2 aliphatic rings. The fraction of sp³-hybridized carbons (Fsp3) is 0.500. The first-order valence-electron chi connectivity index (χ1n) is 7.66. The van der Waals surface area contributed by atoms with Crippen LogP contribution in [0.1, 0.15) is 30.5 Å². The number of anilines is 1. The summed E-state index contributed by atoms with van der Waals surface area (Å²) in [4.78, 5) is 23.3. The maximum absolute atomic E-state index is 11.9. The Morgan fingerprint density at radius 3 is 3.14 bits per heavy atom. The van der Waals surface area contributed by atoms with E-state index in [2.05, 4.69) is 16.0 Å². The maximum Gasteiger partial charge on any atom is 0.315 e. The van der Waals surface area contributed by atoms with Gasteiger partial charge in [-0.2, -0.15) is 0 Å². The molecule has 6 nitrogen and oxygen atoms in total. The fourth-order valence-corrected chi connectivity index (χ4v) is 2.83. The fourth-order valence-electron chi connectivity index (χ4n) is 2.83. The molecule has 118 valence electrons. The molecular weight excluding hydrogens is 282 g/mol. The minimum atomic E-state index is -0.172. The molecule has 1 saturated heterocycles. The third-order valence-electron chi connectivity index (χ3n) is 4.18. The van der Waals surface area contributed by atoms with Crippen LogP contribution in [0.3, 0.4) is 0 Å². The number of hydrogen-bond acceptors (Lipinski definition) is 3. The molecular formula is C16H21N3O3. The average Bonchev–Trinajstić information content (AvgIpc) is 3.12. The van der Waals surface area contributed by atoms with Crippen molar-refractivity contribution < 1.29 is 14.3 Å². The van der Waals surface area contributed by atoms with Gasteiger partial charge in [-0.05, 0) is 30.5 Å². The predicted molar refractivity (Wildman–Crippen MR) is 82.7 cm³/mol. The number of carbonyl (C=O) groups excluding carboxylic acids is 2. The molecule has 1 aromatic rings. The molecule has 2 atom stereocenters. The summed E-state index contributed by atoms with van der Waals surface area (Å²) in [6.45, 7) is 4.08. The number of urea groups is 1. The van der Waals surface area contributed by atoms with E-state index in [0.717, 1.165) is 36.4 Å². The molecule has 2 aliphatic heterocycles. The molecule has 1 fully saturated rings. The molecule has 1 aromatic carbocycles. The van der Waals surface area contributed by atoms with E-state index < -0.39 is 0 Å². The summed E-state index contributed by atoms with van der Waals surface area (Å²) in [7, 11) is 0. The van der Waals surface area contributed by atoms with Crippen LogP contribution in [0, 0.1) is 5.92 Å². The quantitative estimate of drug-likeness (QED) is 0.790. The number of hydrogen-bond donors (Lipinski definition) is 3. The molecule has 0 radical (unpaired) electrons. The number of carbonyl (C=O) groups is 2. The summed E-state index contributed by atoms with van der Waals surface area (Å²) in [6, 6.07) is 5.51. The Kier molecular flexibility index (Phi) is 4.29. The van der Waals surface area contributed by atoms with Crippen LogP contribution in [0.25, 0.3) is 0 Å². The third kappa shape index (κ3) is 3.39. The zero-order chi connectivity index (χ0) is 15.5. The largest absolute Gasteiger partial charge is 0.381 e.